The van der Waals surface area contributed by atoms with Gasteiger partial charge in [-0.3, -0.25) is 19.6 Å². The zero-order valence-electron chi connectivity index (χ0n) is 13.7. The van der Waals surface area contributed by atoms with Gasteiger partial charge in [0.25, 0.3) is 5.91 Å². The largest absolute Gasteiger partial charge is 0.335 e. The molecule has 2 saturated heterocycles. The second-order valence-corrected chi connectivity index (χ2v) is 6.29. The van der Waals surface area contributed by atoms with Crippen LogP contribution in [-0.2, 0) is 4.79 Å². The average molecular weight is 357 g/mol. The van der Waals surface area contributed by atoms with Crippen LogP contribution in [0.5, 0.6) is 0 Å². The number of urea groups is 1. The van der Waals surface area contributed by atoms with E-state index in [1.54, 1.807) is 23.1 Å². The Labute approximate surface area is 148 Å². The van der Waals surface area contributed by atoms with Crippen molar-refractivity contribution >= 4 is 17.8 Å². The van der Waals surface area contributed by atoms with Gasteiger partial charge in [0.05, 0.1) is 18.3 Å². The van der Waals surface area contributed by atoms with Crippen molar-refractivity contribution in [3.8, 4) is 11.3 Å². The number of nitrogens with zero attached hydrogens (tertiary/aromatic N) is 3. The van der Waals surface area contributed by atoms with E-state index < -0.39 is 6.03 Å². The molecule has 4 rings (SSSR count). The fourth-order valence-corrected chi connectivity index (χ4v) is 3.31. The Balaban J connectivity index is 1.46. The number of aromatic amines is 1. The van der Waals surface area contributed by atoms with E-state index in [0.29, 0.717) is 36.5 Å². The smallest absolute Gasteiger partial charge is 0.324 e. The normalized spacial score (nSPS) is 20.0. The van der Waals surface area contributed by atoms with Crippen LogP contribution in [0.1, 0.15) is 16.9 Å². The van der Waals surface area contributed by atoms with E-state index in [9.17, 15) is 18.8 Å². The summed E-state index contributed by atoms with van der Waals surface area (Å²) in [6, 6.07) is 6.72. The quantitative estimate of drug-likeness (QED) is 0.800. The molecular weight excluding hydrogens is 341 g/mol. The molecule has 0 saturated carbocycles. The molecule has 2 fully saturated rings. The van der Waals surface area contributed by atoms with Crippen molar-refractivity contribution in [3.05, 3.63) is 41.8 Å². The number of rotatable bonds is 3. The molecule has 2 aromatic rings. The number of hydrogen-bond acceptors (Lipinski definition) is 4. The first-order valence-corrected chi connectivity index (χ1v) is 8.23. The van der Waals surface area contributed by atoms with E-state index in [1.165, 1.54) is 17.0 Å². The molecule has 0 spiro atoms. The van der Waals surface area contributed by atoms with Crippen molar-refractivity contribution in [3.63, 3.8) is 0 Å². The molecule has 134 valence electrons. The monoisotopic (exact) mass is 357 g/mol. The van der Waals surface area contributed by atoms with Gasteiger partial charge in [0, 0.05) is 18.7 Å². The third-order valence-corrected chi connectivity index (χ3v) is 4.64. The molecule has 1 atom stereocenters. The fourth-order valence-electron chi connectivity index (χ4n) is 3.31. The minimum Gasteiger partial charge on any atom is -0.335 e. The third-order valence-electron chi connectivity index (χ3n) is 4.64. The van der Waals surface area contributed by atoms with E-state index >= 15 is 0 Å². The highest BCUT2D eigenvalue weighted by atomic mass is 19.1. The number of benzene rings is 1. The molecule has 9 heteroatoms. The van der Waals surface area contributed by atoms with Crippen molar-refractivity contribution in [1.82, 2.24) is 25.3 Å². The highest BCUT2D eigenvalue weighted by Gasteiger charge is 2.39. The van der Waals surface area contributed by atoms with Gasteiger partial charge in [0.1, 0.15) is 11.5 Å². The van der Waals surface area contributed by atoms with Gasteiger partial charge in [-0.15, -0.1) is 0 Å². The summed E-state index contributed by atoms with van der Waals surface area (Å²) in [5.41, 5.74) is 1.54. The summed E-state index contributed by atoms with van der Waals surface area (Å²) < 4.78 is 13.0. The lowest BCUT2D eigenvalue weighted by Crippen LogP contribution is -2.43. The summed E-state index contributed by atoms with van der Waals surface area (Å²) >= 11 is 0. The summed E-state index contributed by atoms with van der Waals surface area (Å²) in [5.74, 6) is -0.862. The number of halogens is 1. The van der Waals surface area contributed by atoms with Crippen LogP contribution >= 0.6 is 0 Å². The first-order valence-electron chi connectivity index (χ1n) is 8.23. The van der Waals surface area contributed by atoms with E-state index in [-0.39, 0.29) is 30.2 Å². The van der Waals surface area contributed by atoms with Crippen LogP contribution in [0.4, 0.5) is 9.18 Å². The predicted octanol–water partition coefficient (Wildman–Crippen LogP) is 0.982. The van der Waals surface area contributed by atoms with E-state index in [0.717, 1.165) is 0 Å². The summed E-state index contributed by atoms with van der Waals surface area (Å²) in [6.45, 7) is 0.749. The molecule has 0 bridgehead atoms. The molecule has 1 unspecified atom stereocenters. The molecule has 4 amide bonds. The maximum absolute atomic E-state index is 13.0. The van der Waals surface area contributed by atoms with Crippen LogP contribution in [0, 0.1) is 5.82 Å². The molecule has 2 N–H and O–H groups in total. The predicted molar refractivity (Wildman–Crippen MR) is 88.5 cm³/mol. The van der Waals surface area contributed by atoms with Crippen molar-refractivity contribution in [1.29, 1.82) is 0 Å². The zero-order chi connectivity index (χ0) is 18.3. The van der Waals surface area contributed by atoms with Crippen molar-refractivity contribution in [2.45, 2.75) is 12.5 Å². The van der Waals surface area contributed by atoms with Gasteiger partial charge in [-0.05, 0) is 36.8 Å². The Hall–Kier alpha value is -3.23. The average Bonchev–Trinajstić information content (AvgIpc) is 3.35. The lowest BCUT2D eigenvalue weighted by molar-refractivity contribution is -0.126. The number of aromatic nitrogens is 2. The Kier molecular flexibility index (Phi) is 3.90. The topological polar surface area (TPSA) is 98.4 Å². The number of carbonyl (C=O) groups excluding carboxylic acids is 3. The van der Waals surface area contributed by atoms with E-state index in [1.807, 2.05) is 0 Å². The molecule has 3 heterocycles. The van der Waals surface area contributed by atoms with E-state index in [2.05, 4.69) is 15.5 Å². The van der Waals surface area contributed by atoms with Crippen molar-refractivity contribution in [2.24, 2.45) is 0 Å². The lowest BCUT2D eigenvalue weighted by Gasteiger charge is -2.21. The highest BCUT2D eigenvalue weighted by Crippen LogP contribution is 2.22. The Morgan fingerprint density at radius 2 is 2.00 bits per heavy atom. The van der Waals surface area contributed by atoms with Gasteiger partial charge >= 0.3 is 6.03 Å². The number of carbonyl (C=O) groups is 3. The van der Waals surface area contributed by atoms with Gasteiger partial charge in [0.15, 0.2) is 0 Å². The molecular formula is C17H16FN5O3. The maximum Gasteiger partial charge on any atom is 0.324 e. The Bertz CT molecular complexity index is 863. The van der Waals surface area contributed by atoms with Crippen LogP contribution in [0.15, 0.2) is 30.3 Å². The highest BCUT2D eigenvalue weighted by molar-refractivity contribution is 6.02. The van der Waals surface area contributed by atoms with E-state index in [4.69, 9.17) is 0 Å². The van der Waals surface area contributed by atoms with Gasteiger partial charge in [0.2, 0.25) is 5.91 Å². The second kappa shape index (κ2) is 6.25. The number of H-pyrrole nitrogens is 1. The van der Waals surface area contributed by atoms with Crippen LogP contribution in [0.3, 0.4) is 0 Å². The molecule has 2 aliphatic heterocycles. The zero-order valence-corrected chi connectivity index (χ0v) is 13.7. The number of amides is 4. The summed E-state index contributed by atoms with van der Waals surface area (Å²) in [5, 5.41) is 9.30. The van der Waals surface area contributed by atoms with Crippen LogP contribution in [-0.4, -0.2) is 63.5 Å². The van der Waals surface area contributed by atoms with Gasteiger partial charge < -0.3 is 10.2 Å². The Morgan fingerprint density at radius 1 is 1.23 bits per heavy atom. The standard InChI is InChI=1S/C17H16FN5O3/c18-11-3-1-10(2-4-11)13-7-14(21-20-13)16(25)22-6-5-12(9-22)23-15(24)8-19-17(23)26/h1-4,7,12H,5-6,8-9H2,(H,19,26)(H,20,21). The number of likely N-dealkylation sites (tertiary alicyclic amines) is 1. The van der Waals surface area contributed by atoms with Crippen LogP contribution < -0.4 is 5.32 Å². The molecule has 0 aliphatic carbocycles. The van der Waals surface area contributed by atoms with Crippen molar-refractivity contribution < 1.29 is 18.8 Å². The molecule has 1 aromatic carbocycles. The second-order valence-electron chi connectivity index (χ2n) is 6.29. The minimum absolute atomic E-state index is 0.00482. The minimum atomic E-state index is -0.408. The first-order chi connectivity index (χ1) is 12.5. The number of nitrogens with one attached hydrogen (secondary N) is 2. The summed E-state index contributed by atoms with van der Waals surface area (Å²) in [6.07, 6.45) is 0.545. The number of imide groups is 1. The molecule has 1 aromatic heterocycles. The van der Waals surface area contributed by atoms with Crippen molar-refractivity contribution in [2.75, 3.05) is 19.6 Å². The SMILES string of the molecule is O=C(c1cc(-c2ccc(F)cc2)n[nH]1)N1CCC(N2C(=O)CNC2=O)C1. The first kappa shape index (κ1) is 16.2. The fraction of sp³-hybridized carbons (Fsp3) is 0.294. The molecule has 0 radical (unpaired) electrons. The van der Waals surface area contributed by atoms with Gasteiger partial charge in [-0.25, -0.2) is 9.18 Å². The van der Waals surface area contributed by atoms with Gasteiger partial charge in [-0.2, -0.15) is 5.10 Å². The molecule has 26 heavy (non-hydrogen) atoms. The van der Waals surface area contributed by atoms with Crippen LogP contribution in [0.2, 0.25) is 0 Å². The lowest BCUT2D eigenvalue weighted by atomic mass is 10.1. The third kappa shape index (κ3) is 2.81. The summed E-state index contributed by atoms with van der Waals surface area (Å²) in [4.78, 5) is 39.0. The molecule has 8 nitrogen and oxygen atoms in total. The van der Waals surface area contributed by atoms with Crippen LogP contribution in [0.25, 0.3) is 11.3 Å². The number of hydrogen-bond donors (Lipinski definition) is 2. The maximum atomic E-state index is 13.0. The Morgan fingerprint density at radius 3 is 2.69 bits per heavy atom. The summed E-state index contributed by atoms with van der Waals surface area (Å²) in [7, 11) is 0. The van der Waals surface area contributed by atoms with Gasteiger partial charge in [-0.1, -0.05) is 0 Å². The molecule has 2 aliphatic rings.